The smallest absolute Gasteiger partial charge is 0.287 e. The Bertz CT molecular complexity index is 626. The SMILES string of the molecule is C[C@@H](O)c1ccc(Oc2cccc([N+](=O)[O-])c2Br)cc1. The van der Waals surface area contributed by atoms with Crippen molar-refractivity contribution in [2.45, 2.75) is 13.0 Å². The Kier molecular flexibility index (Phi) is 4.36. The third-order valence-electron chi connectivity index (χ3n) is 2.73. The van der Waals surface area contributed by atoms with Gasteiger partial charge in [0.15, 0.2) is 0 Å². The summed E-state index contributed by atoms with van der Waals surface area (Å²) in [5.74, 6) is 0.902. The van der Waals surface area contributed by atoms with E-state index in [0.29, 0.717) is 16.0 Å². The van der Waals surface area contributed by atoms with Crippen molar-refractivity contribution in [1.29, 1.82) is 0 Å². The Hall–Kier alpha value is -1.92. The summed E-state index contributed by atoms with van der Waals surface area (Å²) < 4.78 is 5.90. The van der Waals surface area contributed by atoms with Gasteiger partial charge in [0.2, 0.25) is 0 Å². The molecule has 1 N–H and O–H groups in total. The fourth-order valence-electron chi connectivity index (χ4n) is 1.66. The number of benzene rings is 2. The molecule has 20 heavy (non-hydrogen) atoms. The molecule has 0 aliphatic carbocycles. The molecule has 0 spiro atoms. The molecule has 2 rings (SSSR count). The van der Waals surface area contributed by atoms with Gasteiger partial charge in [-0.05, 0) is 46.6 Å². The zero-order valence-electron chi connectivity index (χ0n) is 10.6. The number of halogens is 1. The molecule has 2 aromatic carbocycles. The van der Waals surface area contributed by atoms with E-state index in [1.807, 2.05) is 0 Å². The van der Waals surface area contributed by atoms with Gasteiger partial charge in [0.1, 0.15) is 16.0 Å². The molecule has 2 aromatic rings. The van der Waals surface area contributed by atoms with Crippen molar-refractivity contribution in [3.8, 4) is 11.5 Å². The fourth-order valence-corrected chi connectivity index (χ4v) is 2.15. The lowest BCUT2D eigenvalue weighted by molar-refractivity contribution is -0.385. The van der Waals surface area contributed by atoms with Crippen LogP contribution in [0.5, 0.6) is 11.5 Å². The van der Waals surface area contributed by atoms with Crippen LogP contribution in [0.15, 0.2) is 46.9 Å². The van der Waals surface area contributed by atoms with Gasteiger partial charge >= 0.3 is 0 Å². The van der Waals surface area contributed by atoms with Crippen molar-refractivity contribution < 1.29 is 14.8 Å². The first-order valence-electron chi connectivity index (χ1n) is 5.88. The number of aliphatic hydroxyl groups is 1. The van der Waals surface area contributed by atoms with Crippen LogP contribution in [-0.2, 0) is 0 Å². The van der Waals surface area contributed by atoms with E-state index in [1.165, 1.54) is 6.07 Å². The third kappa shape index (κ3) is 3.15. The molecule has 0 aromatic heterocycles. The molecular formula is C14H12BrNO4. The van der Waals surface area contributed by atoms with Crippen LogP contribution in [-0.4, -0.2) is 10.0 Å². The van der Waals surface area contributed by atoms with Crippen LogP contribution < -0.4 is 4.74 Å². The summed E-state index contributed by atoms with van der Waals surface area (Å²) in [7, 11) is 0. The van der Waals surface area contributed by atoms with Gasteiger partial charge in [0.05, 0.1) is 11.0 Å². The van der Waals surface area contributed by atoms with E-state index in [1.54, 1.807) is 43.3 Å². The maximum atomic E-state index is 10.8. The molecule has 0 heterocycles. The summed E-state index contributed by atoms with van der Waals surface area (Å²) in [6, 6.07) is 11.5. The van der Waals surface area contributed by atoms with Crippen LogP contribution in [0.1, 0.15) is 18.6 Å². The second kappa shape index (κ2) is 6.02. The first-order chi connectivity index (χ1) is 9.49. The highest BCUT2D eigenvalue weighted by Gasteiger charge is 2.16. The third-order valence-corrected chi connectivity index (χ3v) is 3.53. The van der Waals surface area contributed by atoms with Crippen LogP contribution in [0.25, 0.3) is 0 Å². The summed E-state index contributed by atoms with van der Waals surface area (Å²) in [5.41, 5.74) is 0.721. The molecule has 0 unspecified atom stereocenters. The van der Waals surface area contributed by atoms with E-state index >= 15 is 0 Å². The molecule has 0 saturated heterocycles. The first kappa shape index (κ1) is 14.5. The van der Waals surface area contributed by atoms with Crippen LogP contribution >= 0.6 is 15.9 Å². The van der Waals surface area contributed by atoms with Gasteiger partial charge in [0, 0.05) is 6.07 Å². The highest BCUT2D eigenvalue weighted by atomic mass is 79.9. The van der Waals surface area contributed by atoms with E-state index < -0.39 is 11.0 Å². The Morgan fingerprint density at radius 3 is 2.45 bits per heavy atom. The minimum Gasteiger partial charge on any atom is -0.456 e. The molecule has 0 aliphatic rings. The van der Waals surface area contributed by atoms with Crippen molar-refractivity contribution in [1.82, 2.24) is 0 Å². The second-order valence-corrected chi connectivity index (χ2v) is 4.99. The van der Waals surface area contributed by atoms with E-state index in [2.05, 4.69) is 15.9 Å². The lowest BCUT2D eigenvalue weighted by Gasteiger charge is -2.09. The van der Waals surface area contributed by atoms with Gasteiger partial charge in [-0.15, -0.1) is 0 Å². The number of aliphatic hydroxyl groups excluding tert-OH is 1. The number of nitro benzene ring substituents is 1. The van der Waals surface area contributed by atoms with Gasteiger partial charge in [-0.2, -0.15) is 0 Å². The molecule has 0 aliphatic heterocycles. The van der Waals surface area contributed by atoms with Crippen molar-refractivity contribution in [2.75, 3.05) is 0 Å². The Morgan fingerprint density at radius 2 is 1.90 bits per heavy atom. The number of hydrogen-bond acceptors (Lipinski definition) is 4. The standard InChI is InChI=1S/C14H12BrNO4/c1-9(17)10-5-7-11(8-6-10)20-13-4-2-3-12(14(13)15)16(18)19/h2-9,17H,1H3/t9-/m1/s1. The van der Waals surface area contributed by atoms with Gasteiger partial charge in [-0.1, -0.05) is 18.2 Å². The van der Waals surface area contributed by atoms with Gasteiger partial charge < -0.3 is 9.84 Å². The van der Waals surface area contributed by atoms with Crippen molar-refractivity contribution in [3.63, 3.8) is 0 Å². The van der Waals surface area contributed by atoms with Crippen molar-refractivity contribution in [2.24, 2.45) is 0 Å². The van der Waals surface area contributed by atoms with E-state index in [9.17, 15) is 15.2 Å². The molecular weight excluding hydrogens is 326 g/mol. The normalized spacial score (nSPS) is 11.9. The number of ether oxygens (including phenoxy) is 1. The summed E-state index contributed by atoms with van der Waals surface area (Å²) in [5, 5.41) is 20.3. The minimum absolute atomic E-state index is 0.0527. The highest BCUT2D eigenvalue weighted by Crippen LogP contribution is 2.36. The highest BCUT2D eigenvalue weighted by molar-refractivity contribution is 9.10. The number of rotatable bonds is 4. The topological polar surface area (TPSA) is 72.6 Å². The van der Waals surface area contributed by atoms with Crippen LogP contribution in [0, 0.1) is 10.1 Å². The van der Waals surface area contributed by atoms with E-state index in [4.69, 9.17) is 4.74 Å². The number of nitrogens with zero attached hydrogens (tertiary/aromatic N) is 1. The summed E-state index contributed by atoms with van der Waals surface area (Å²) in [4.78, 5) is 10.4. The zero-order valence-corrected chi connectivity index (χ0v) is 12.2. The largest absolute Gasteiger partial charge is 0.456 e. The van der Waals surface area contributed by atoms with E-state index in [0.717, 1.165) is 5.56 Å². The van der Waals surface area contributed by atoms with Crippen molar-refractivity contribution >= 4 is 21.6 Å². The summed E-state index contributed by atoms with van der Waals surface area (Å²) >= 11 is 3.17. The molecule has 1 atom stereocenters. The number of nitro groups is 1. The molecule has 5 nitrogen and oxygen atoms in total. The fraction of sp³-hybridized carbons (Fsp3) is 0.143. The monoisotopic (exact) mass is 337 g/mol. The van der Waals surface area contributed by atoms with E-state index in [-0.39, 0.29) is 5.69 Å². The summed E-state index contributed by atoms with van der Waals surface area (Å²) in [6.07, 6.45) is -0.548. The average Bonchev–Trinajstić information content (AvgIpc) is 2.41. The molecule has 104 valence electrons. The quantitative estimate of drug-likeness (QED) is 0.670. The van der Waals surface area contributed by atoms with Crippen molar-refractivity contribution in [3.05, 3.63) is 62.6 Å². The molecule has 0 saturated carbocycles. The predicted octanol–water partition coefficient (Wildman–Crippen LogP) is 4.20. The minimum atomic E-state index is -0.548. The Morgan fingerprint density at radius 1 is 1.25 bits per heavy atom. The lowest BCUT2D eigenvalue weighted by atomic mass is 10.1. The lowest BCUT2D eigenvalue weighted by Crippen LogP contribution is -1.93. The average molecular weight is 338 g/mol. The second-order valence-electron chi connectivity index (χ2n) is 4.19. The first-order valence-corrected chi connectivity index (χ1v) is 6.67. The maximum Gasteiger partial charge on any atom is 0.287 e. The van der Waals surface area contributed by atoms with Crippen LogP contribution in [0.3, 0.4) is 0 Å². The van der Waals surface area contributed by atoms with Gasteiger partial charge in [-0.3, -0.25) is 10.1 Å². The Labute approximate surface area is 124 Å². The summed E-state index contributed by atoms with van der Waals surface area (Å²) in [6.45, 7) is 1.67. The van der Waals surface area contributed by atoms with Gasteiger partial charge in [-0.25, -0.2) is 0 Å². The molecule has 0 bridgehead atoms. The van der Waals surface area contributed by atoms with Gasteiger partial charge in [0.25, 0.3) is 5.69 Å². The number of hydrogen-bond donors (Lipinski definition) is 1. The predicted molar refractivity (Wildman–Crippen MR) is 77.9 cm³/mol. The molecule has 6 heteroatoms. The van der Waals surface area contributed by atoms with Crippen LogP contribution in [0.4, 0.5) is 5.69 Å². The molecule has 0 amide bonds. The molecule has 0 fully saturated rings. The van der Waals surface area contributed by atoms with Crippen LogP contribution in [0.2, 0.25) is 0 Å². The zero-order chi connectivity index (χ0) is 14.7. The Balaban J connectivity index is 2.26. The maximum absolute atomic E-state index is 10.8. The molecule has 0 radical (unpaired) electrons.